The zero-order valence-electron chi connectivity index (χ0n) is 10.8. The van der Waals surface area contributed by atoms with Crippen LogP contribution in [0.1, 0.15) is 24.4 Å². The van der Waals surface area contributed by atoms with E-state index in [9.17, 15) is 4.79 Å². The van der Waals surface area contributed by atoms with Gasteiger partial charge in [-0.15, -0.1) is 10.2 Å². The molecule has 0 radical (unpaired) electrons. The number of benzene rings is 1. The quantitative estimate of drug-likeness (QED) is 0.912. The van der Waals surface area contributed by atoms with Gasteiger partial charge in [0.05, 0.1) is 0 Å². The van der Waals surface area contributed by atoms with E-state index < -0.39 is 0 Å². The summed E-state index contributed by atoms with van der Waals surface area (Å²) < 4.78 is 5.61. The Morgan fingerprint density at radius 2 is 2.05 bits per heavy atom. The molecule has 0 aliphatic rings. The summed E-state index contributed by atoms with van der Waals surface area (Å²) >= 11 is 1.31. The van der Waals surface area contributed by atoms with Gasteiger partial charge in [0.2, 0.25) is 11.0 Å². The van der Waals surface area contributed by atoms with Crippen LogP contribution in [0.4, 0.5) is 5.13 Å². The maximum atomic E-state index is 10.9. The summed E-state index contributed by atoms with van der Waals surface area (Å²) in [6.45, 7) is 3.90. The van der Waals surface area contributed by atoms with Gasteiger partial charge in [-0.1, -0.05) is 30.4 Å². The second-order valence-corrected chi connectivity index (χ2v) is 5.03. The molecular weight excluding hydrogens is 262 g/mol. The summed E-state index contributed by atoms with van der Waals surface area (Å²) in [7, 11) is 0. The Bertz CT molecular complexity index is 551. The fourth-order valence-corrected chi connectivity index (χ4v) is 2.18. The third-order valence-corrected chi connectivity index (χ3v) is 3.26. The van der Waals surface area contributed by atoms with Crippen LogP contribution in [0.5, 0.6) is 5.75 Å². The second-order valence-electron chi connectivity index (χ2n) is 3.97. The Morgan fingerprint density at radius 3 is 2.68 bits per heavy atom. The standard InChI is InChI=1S/C13H15N3O2S/c1-3-10-4-6-11(7-5-10)18-8-12-15-16-13(19-12)14-9(2)17/h4-7H,3,8H2,1-2H3,(H,14,16,17). The Hall–Kier alpha value is -1.95. The number of hydrogen-bond donors (Lipinski definition) is 1. The molecule has 5 nitrogen and oxygen atoms in total. The Labute approximate surface area is 115 Å². The second kappa shape index (κ2) is 6.29. The molecule has 1 N–H and O–H groups in total. The van der Waals surface area contributed by atoms with Crippen molar-refractivity contribution in [2.24, 2.45) is 0 Å². The fourth-order valence-electron chi connectivity index (χ4n) is 1.48. The summed E-state index contributed by atoms with van der Waals surface area (Å²) in [4.78, 5) is 10.9. The van der Waals surface area contributed by atoms with E-state index in [0.717, 1.165) is 17.2 Å². The van der Waals surface area contributed by atoms with Crippen molar-refractivity contribution in [3.05, 3.63) is 34.8 Å². The average molecular weight is 277 g/mol. The van der Waals surface area contributed by atoms with Crippen molar-refractivity contribution >= 4 is 22.4 Å². The van der Waals surface area contributed by atoms with Crippen LogP contribution in [-0.2, 0) is 17.8 Å². The third-order valence-electron chi connectivity index (χ3n) is 2.44. The topological polar surface area (TPSA) is 64.1 Å². The molecule has 0 atom stereocenters. The van der Waals surface area contributed by atoms with Gasteiger partial charge in [-0.05, 0) is 24.1 Å². The minimum absolute atomic E-state index is 0.154. The molecule has 0 saturated carbocycles. The van der Waals surface area contributed by atoms with E-state index in [1.807, 2.05) is 24.3 Å². The van der Waals surface area contributed by atoms with Crippen molar-refractivity contribution < 1.29 is 9.53 Å². The van der Waals surface area contributed by atoms with Crippen LogP contribution < -0.4 is 10.1 Å². The number of rotatable bonds is 5. The average Bonchev–Trinajstić information content (AvgIpc) is 2.84. The molecular formula is C13H15N3O2S. The van der Waals surface area contributed by atoms with E-state index in [1.54, 1.807) is 0 Å². The minimum atomic E-state index is -0.154. The Morgan fingerprint density at radius 1 is 1.32 bits per heavy atom. The summed E-state index contributed by atoms with van der Waals surface area (Å²) in [5.74, 6) is 0.646. The summed E-state index contributed by atoms with van der Waals surface area (Å²) in [5, 5.41) is 11.6. The maximum Gasteiger partial charge on any atom is 0.223 e. The molecule has 100 valence electrons. The van der Waals surface area contributed by atoms with Crippen LogP contribution in [0.3, 0.4) is 0 Å². The molecule has 6 heteroatoms. The lowest BCUT2D eigenvalue weighted by molar-refractivity contribution is -0.114. The highest BCUT2D eigenvalue weighted by atomic mass is 32.1. The number of aromatic nitrogens is 2. The van der Waals surface area contributed by atoms with Gasteiger partial charge >= 0.3 is 0 Å². The maximum absolute atomic E-state index is 10.9. The summed E-state index contributed by atoms with van der Waals surface area (Å²) in [6, 6.07) is 7.96. The van der Waals surface area contributed by atoms with Crippen LogP contribution in [0.2, 0.25) is 0 Å². The van der Waals surface area contributed by atoms with Gasteiger partial charge in [-0.25, -0.2) is 0 Å². The number of ether oxygens (including phenoxy) is 1. The Kier molecular flexibility index (Phi) is 4.46. The highest BCUT2D eigenvalue weighted by Gasteiger charge is 2.06. The third kappa shape index (κ3) is 4.03. The molecule has 0 fully saturated rings. The molecule has 0 spiro atoms. The molecule has 2 rings (SSSR count). The number of carbonyl (C=O) groups is 1. The molecule has 0 aliphatic heterocycles. The summed E-state index contributed by atoms with van der Waals surface area (Å²) in [5.41, 5.74) is 1.27. The van der Waals surface area contributed by atoms with E-state index in [0.29, 0.717) is 11.7 Å². The lowest BCUT2D eigenvalue weighted by Crippen LogP contribution is -2.04. The smallest absolute Gasteiger partial charge is 0.223 e. The van der Waals surface area contributed by atoms with Gasteiger partial charge in [0.25, 0.3) is 0 Å². The number of anilines is 1. The lowest BCUT2D eigenvalue weighted by atomic mass is 10.2. The molecule has 0 aliphatic carbocycles. The van der Waals surface area contributed by atoms with Crippen LogP contribution >= 0.6 is 11.3 Å². The van der Waals surface area contributed by atoms with E-state index in [-0.39, 0.29) is 5.91 Å². The van der Waals surface area contributed by atoms with E-state index in [4.69, 9.17) is 4.74 Å². The lowest BCUT2D eigenvalue weighted by Gasteiger charge is -2.04. The molecule has 0 bridgehead atoms. The van der Waals surface area contributed by atoms with Gasteiger partial charge in [-0.2, -0.15) is 0 Å². The highest BCUT2D eigenvalue weighted by molar-refractivity contribution is 7.15. The van der Waals surface area contributed by atoms with Gasteiger partial charge in [-0.3, -0.25) is 4.79 Å². The molecule has 0 unspecified atom stereocenters. The molecule has 2 aromatic rings. The van der Waals surface area contributed by atoms with Crippen molar-refractivity contribution in [1.29, 1.82) is 0 Å². The van der Waals surface area contributed by atoms with Crippen LogP contribution in [0, 0.1) is 0 Å². The van der Waals surface area contributed by atoms with Gasteiger partial charge in [0, 0.05) is 6.92 Å². The molecule has 1 aromatic carbocycles. The first-order chi connectivity index (χ1) is 9.17. The summed E-state index contributed by atoms with van der Waals surface area (Å²) in [6.07, 6.45) is 1.01. The van der Waals surface area contributed by atoms with E-state index in [2.05, 4.69) is 22.4 Å². The molecule has 1 heterocycles. The molecule has 19 heavy (non-hydrogen) atoms. The van der Waals surface area contributed by atoms with Crippen LogP contribution in [0.15, 0.2) is 24.3 Å². The predicted octanol–water partition coefficient (Wildman–Crippen LogP) is 2.64. The van der Waals surface area contributed by atoms with E-state index >= 15 is 0 Å². The van der Waals surface area contributed by atoms with Crippen molar-refractivity contribution in [3.63, 3.8) is 0 Å². The first-order valence-electron chi connectivity index (χ1n) is 5.99. The highest BCUT2D eigenvalue weighted by Crippen LogP contribution is 2.18. The number of amides is 1. The molecule has 1 amide bonds. The predicted molar refractivity (Wildman–Crippen MR) is 74.4 cm³/mol. The monoisotopic (exact) mass is 277 g/mol. The van der Waals surface area contributed by atoms with E-state index in [1.165, 1.54) is 23.8 Å². The zero-order chi connectivity index (χ0) is 13.7. The first kappa shape index (κ1) is 13.5. The molecule has 1 aromatic heterocycles. The first-order valence-corrected chi connectivity index (χ1v) is 6.80. The van der Waals surface area contributed by atoms with Crippen LogP contribution in [-0.4, -0.2) is 16.1 Å². The van der Waals surface area contributed by atoms with Crippen molar-refractivity contribution in [1.82, 2.24) is 10.2 Å². The van der Waals surface area contributed by atoms with Gasteiger partial charge < -0.3 is 10.1 Å². The molecule has 0 saturated heterocycles. The Balaban J connectivity index is 1.90. The van der Waals surface area contributed by atoms with Crippen LogP contribution in [0.25, 0.3) is 0 Å². The number of hydrogen-bond acceptors (Lipinski definition) is 5. The normalized spacial score (nSPS) is 10.2. The number of carbonyl (C=O) groups excluding carboxylic acids is 1. The number of nitrogens with one attached hydrogen (secondary N) is 1. The largest absolute Gasteiger partial charge is 0.486 e. The van der Waals surface area contributed by atoms with Gasteiger partial charge in [0.1, 0.15) is 12.4 Å². The SMILES string of the molecule is CCc1ccc(OCc2nnc(NC(C)=O)s2)cc1. The van der Waals surface area contributed by atoms with Crippen molar-refractivity contribution in [2.75, 3.05) is 5.32 Å². The number of aryl methyl sites for hydroxylation is 1. The van der Waals surface area contributed by atoms with Crippen molar-refractivity contribution in [2.45, 2.75) is 26.9 Å². The van der Waals surface area contributed by atoms with Gasteiger partial charge in [0.15, 0.2) is 5.01 Å². The number of nitrogens with zero attached hydrogens (tertiary/aromatic N) is 2. The fraction of sp³-hybridized carbons (Fsp3) is 0.308. The van der Waals surface area contributed by atoms with Crippen molar-refractivity contribution in [3.8, 4) is 5.75 Å². The zero-order valence-corrected chi connectivity index (χ0v) is 11.7. The minimum Gasteiger partial charge on any atom is -0.486 e.